The summed E-state index contributed by atoms with van der Waals surface area (Å²) in [5.74, 6) is 3.63. The minimum atomic E-state index is -0.895. The number of amides is 4. The van der Waals surface area contributed by atoms with Crippen LogP contribution in [-0.4, -0.2) is 86.1 Å². The first-order valence-corrected chi connectivity index (χ1v) is 22.1. The maximum absolute atomic E-state index is 14.3. The van der Waals surface area contributed by atoms with Gasteiger partial charge in [0.25, 0.3) is 5.91 Å². The van der Waals surface area contributed by atoms with Crippen molar-refractivity contribution >= 4 is 24.0 Å². The highest BCUT2D eigenvalue weighted by Crippen LogP contribution is 2.58. The summed E-state index contributed by atoms with van der Waals surface area (Å²) in [6.45, 7) is 6.68. The molecule has 0 spiro atoms. The Morgan fingerprint density at radius 2 is 1.33 bits per heavy atom. The molecule has 4 fully saturated rings. The number of piperidine rings is 2. The summed E-state index contributed by atoms with van der Waals surface area (Å²) in [6, 6.07) is 15.6. The first-order chi connectivity index (χ1) is 31.0. The second-order valence-electron chi connectivity index (χ2n) is 18.4. The second-order valence-corrected chi connectivity index (χ2v) is 18.4. The first kappa shape index (κ1) is 40.0. The number of benzene rings is 3. The van der Waals surface area contributed by atoms with Gasteiger partial charge >= 0.3 is 12.2 Å². The Labute approximate surface area is 369 Å². The molecule has 64 heavy (non-hydrogen) atoms. The lowest BCUT2D eigenvalue weighted by atomic mass is 9.87. The van der Waals surface area contributed by atoms with Crippen LogP contribution in [0.5, 0.6) is 11.5 Å². The number of hydrogen-bond acceptors (Lipinski definition) is 10. The molecule has 2 aromatic heterocycles. The third-order valence-corrected chi connectivity index (χ3v) is 14.3. The van der Waals surface area contributed by atoms with E-state index in [1.165, 1.54) is 14.2 Å². The number of carbonyl (C=O) groups is 4. The number of ether oxygens (including phenoxy) is 4. The molecule has 4 unspecified atom stereocenters. The minimum Gasteiger partial charge on any atom is -0.488 e. The van der Waals surface area contributed by atoms with Crippen molar-refractivity contribution in [1.29, 1.82) is 0 Å². The molecule has 6 heterocycles. The van der Waals surface area contributed by atoms with Crippen molar-refractivity contribution in [2.75, 3.05) is 14.2 Å². The van der Waals surface area contributed by atoms with Crippen molar-refractivity contribution < 1.29 is 38.1 Å². The van der Waals surface area contributed by atoms with E-state index >= 15 is 0 Å². The summed E-state index contributed by atoms with van der Waals surface area (Å²) in [7, 11) is 2.59. The van der Waals surface area contributed by atoms with E-state index in [1.54, 1.807) is 6.20 Å². The molecule has 330 valence electrons. The minimum absolute atomic E-state index is 0.0872. The highest BCUT2D eigenvalue weighted by Gasteiger charge is 2.62. The third kappa shape index (κ3) is 6.55. The maximum atomic E-state index is 14.3. The quantitative estimate of drug-likeness (QED) is 0.114. The van der Waals surface area contributed by atoms with Crippen LogP contribution in [0.4, 0.5) is 9.59 Å². The maximum Gasteiger partial charge on any atom is 0.407 e. The molecule has 16 heteroatoms. The second kappa shape index (κ2) is 15.2. The predicted molar refractivity (Wildman–Crippen MR) is 231 cm³/mol. The molecule has 2 aliphatic carbocycles. The average molecular weight is 867 g/mol. The SMILES string of the molecule is COC(=O)NC(C(=O)N1C2C(C)C2C[C@H]1c1ncc(-c2cc3c4c(c2)OCc2cc(-c5cnc([C@@H]6C[C@H]7C[C@H]7N6C(=O)[C@H](NC(=O)OC)c6ccccc6)[nH]5)cc(c2-4)OC3)[nH]1)C(C)C. The van der Waals surface area contributed by atoms with Crippen molar-refractivity contribution in [3.8, 4) is 45.1 Å². The van der Waals surface area contributed by atoms with Gasteiger partial charge in [-0.25, -0.2) is 19.6 Å². The topological polar surface area (TPSA) is 193 Å². The van der Waals surface area contributed by atoms with Gasteiger partial charge in [-0.05, 0) is 72.8 Å². The van der Waals surface area contributed by atoms with Crippen molar-refractivity contribution in [2.24, 2.45) is 23.7 Å². The van der Waals surface area contributed by atoms with Crippen molar-refractivity contribution in [3.63, 3.8) is 0 Å². The molecule has 0 bridgehead atoms. The van der Waals surface area contributed by atoms with Crippen molar-refractivity contribution in [3.05, 3.63) is 95.3 Å². The smallest absolute Gasteiger partial charge is 0.407 e. The van der Waals surface area contributed by atoms with E-state index in [4.69, 9.17) is 28.9 Å². The van der Waals surface area contributed by atoms with Gasteiger partial charge in [0, 0.05) is 45.5 Å². The number of imidazole rings is 2. The van der Waals surface area contributed by atoms with Crippen LogP contribution < -0.4 is 20.1 Å². The zero-order valence-electron chi connectivity index (χ0n) is 36.2. The number of aromatic amines is 2. The predicted octanol–water partition coefficient (Wildman–Crippen LogP) is 6.97. The largest absolute Gasteiger partial charge is 0.488 e. The number of rotatable bonds is 10. The molecule has 5 aromatic rings. The van der Waals surface area contributed by atoms with Gasteiger partial charge in [-0.2, -0.15) is 0 Å². The number of methoxy groups -OCH3 is 2. The number of fused-ring (bicyclic) bond motifs is 2. The van der Waals surface area contributed by atoms with E-state index in [1.807, 2.05) is 72.3 Å². The molecule has 2 saturated heterocycles. The Morgan fingerprint density at radius 3 is 1.91 bits per heavy atom. The summed E-state index contributed by atoms with van der Waals surface area (Å²) < 4.78 is 22.7. The standard InChI is InChI=1S/C48H50N8O8/c1-22(2)40(53-47(59)61-4)45(57)56-35(17-30-23(3)42(30)56)44-50-19-32(52-44)26-12-29-21-63-36-15-25(11-28-20-64-37(16-26)39(29)38(28)36)31-18-49-43(51-31)34-14-27-13-33(27)55(34)46(58)41(54-48(60)62-5)24-9-7-6-8-10-24/h6-12,15-16,18-19,22-23,27,30,33-35,40-42H,13-14,17,20-21H2,1-5H3,(H,49,51)(H,50,52)(H,53,59)(H,54,60)/t23?,27-,30?,33-,34+,35+,40?,41-,42?/m1/s1. The molecule has 4 aliphatic heterocycles. The van der Waals surface area contributed by atoms with E-state index < -0.39 is 24.3 Å². The van der Waals surface area contributed by atoms with Gasteiger partial charge in [-0.15, -0.1) is 0 Å². The number of nitrogens with one attached hydrogen (secondary N) is 4. The molecule has 16 nitrogen and oxygen atoms in total. The third-order valence-electron chi connectivity index (χ3n) is 14.3. The lowest BCUT2D eigenvalue weighted by Gasteiger charge is -2.32. The van der Waals surface area contributed by atoms with E-state index in [-0.39, 0.29) is 41.9 Å². The van der Waals surface area contributed by atoms with Gasteiger partial charge in [0.05, 0.1) is 50.1 Å². The summed E-state index contributed by atoms with van der Waals surface area (Å²) in [4.78, 5) is 73.5. The van der Waals surface area contributed by atoms with Crippen LogP contribution in [0.2, 0.25) is 0 Å². The highest BCUT2D eigenvalue weighted by atomic mass is 16.5. The molecule has 3 aromatic carbocycles. The molecule has 2 saturated carbocycles. The van der Waals surface area contributed by atoms with Crippen LogP contribution in [0.15, 0.2) is 67.0 Å². The number of alkyl carbamates (subject to hydrolysis) is 2. The van der Waals surface area contributed by atoms with Crippen LogP contribution in [-0.2, 0) is 32.3 Å². The molecule has 11 rings (SSSR count). The Morgan fingerprint density at radius 1 is 0.750 bits per heavy atom. The molecule has 4 N–H and O–H groups in total. The number of likely N-dealkylation sites (tertiary alicyclic amines) is 2. The number of hydrogen-bond donors (Lipinski definition) is 4. The highest BCUT2D eigenvalue weighted by molar-refractivity contribution is 5.90. The lowest BCUT2D eigenvalue weighted by molar-refractivity contribution is -0.137. The summed E-state index contributed by atoms with van der Waals surface area (Å²) >= 11 is 0. The Balaban J connectivity index is 0.840. The van der Waals surface area contributed by atoms with Crippen LogP contribution in [0.1, 0.15) is 86.5 Å². The number of carbonyl (C=O) groups excluding carboxylic acids is 4. The molecular weight excluding hydrogens is 817 g/mol. The molecular formula is C48H50N8O8. The zero-order valence-corrected chi connectivity index (χ0v) is 36.2. The van der Waals surface area contributed by atoms with Gasteiger partial charge in [0.1, 0.15) is 48.4 Å². The summed E-state index contributed by atoms with van der Waals surface area (Å²) in [6.07, 6.45) is 4.83. The van der Waals surface area contributed by atoms with Crippen molar-refractivity contribution in [2.45, 2.75) is 89.5 Å². The molecule has 6 aliphatic rings. The van der Waals surface area contributed by atoms with Crippen LogP contribution in [0.3, 0.4) is 0 Å². The monoisotopic (exact) mass is 866 g/mol. The molecule has 4 amide bonds. The fraction of sp³-hybridized carbons (Fsp3) is 0.417. The van der Waals surface area contributed by atoms with E-state index in [9.17, 15) is 19.2 Å². The number of H-pyrrole nitrogens is 2. The van der Waals surface area contributed by atoms with E-state index in [2.05, 4.69) is 39.7 Å². The Bertz CT molecular complexity index is 2660. The zero-order chi connectivity index (χ0) is 44.1. The molecule has 0 radical (unpaired) electrons. The van der Waals surface area contributed by atoms with Gasteiger partial charge in [-0.1, -0.05) is 51.1 Å². The normalized spacial score (nSPS) is 24.9. The van der Waals surface area contributed by atoms with Gasteiger partial charge in [0.15, 0.2) is 0 Å². The number of aromatic nitrogens is 4. The van der Waals surface area contributed by atoms with Crippen LogP contribution >= 0.6 is 0 Å². The van der Waals surface area contributed by atoms with E-state index in [0.717, 1.165) is 75.5 Å². The fourth-order valence-electron chi connectivity index (χ4n) is 10.9. The van der Waals surface area contributed by atoms with Crippen LogP contribution in [0.25, 0.3) is 33.6 Å². The molecule has 9 atom stereocenters. The van der Waals surface area contributed by atoms with Gasteiger partial charge < -0.3 is 49.3 Å². The van der Waals surface area contributed by atoms with Gasteiger partial charge in [0.2, 0.25) is 5.91 Å². The Kier molecular flexibility index (Phi) is 9.47. The lowest BCUT2D eigenvalue weighted by Crippen LogP contribution is -2.52. The van der Waals surface area contributed by atoms with E-state index in [0.29, 0.717) is 48.2 Å². The van der Waals surface area contributed by atoms with Gasteiger partial charge in [-0.3, -0.25) is 9.59 Å². The first-order valence-electron chi connectivity index (χ1n) is 22.1. The fourth-order valence-corrected chi connectivity index (χ4v) is 10.9. The summed E-state index contributed by atoms with van der Waals surface area (Å²) in [5, 5.41) is 5.52. The van der Waals surface area contributed by atoms with Crippen LogP contribution in [0, 0.1) is 23.7 Å². The number of nitrogens with zero attached hydrogens (tertiary/aromatic N) is 4. The van der Waals surface area contributed by atoms with Crippen molar-refractivity contribution in [1.82, 2.24) is 40.4 Å². The Hall–Kier alpha value is -6.84. The average Bonchev–Trinajstić information content (AvgIpc) is 3.77. The summed E-state index contributed by atoms with van der Waals surface area (Å²) in [5.41, 5.74) is 8.10.